The van der Waals surface area contributed by atoms with Crippen molar-refractivity contribution in [1.82, 2.24) is 4.90 Å². The van der Waals surface area contributed by atoms with Crippen molar-refractivity contribution in [1.29, 1.82) is 0 Å². The second-order valence-electron chi connectivity index (χ2n) is 5.77. The van der Waals surface area contributed by atoms with Gasteiger partial charge in [0, 0.05) is 25.2 Å². The first kappa shape index (κ1) is 14.8. The van der Waals surface area contributed by atoms with Crippen LogP contribution in [0.15, 0.2) is 54.6 Å². The van der Waals surface area contributed by atoms with Gasteiger partial charge >= 0.3 is 0 Å². The van der Waals surface area contributed by atoms with Gasteiger partial charge < -0.3 is 4.74 Å². The lowest BCUT2D eigenvalue weighted by atomic mass is 10.1. The third-order valence-corrected chi connectivity index (χ3v) is 4.10. The van der Waals surface area contributed by atoms with Gasteiger partial charge in [-0.3, -0.25) is 9.69 Å². The number of carbonyl (C=O) groups excluding carboxylic acids is 1. The summed E-state index contributed by atoms with van der Waals surface area (Å²) in [5.74, 6) is 0.963. The van der Waals surface area contributed by atoms with Gasteiger partial charge in [-0.1, -0.05) is 42.5 Å². The molecule has 1 aliphatic rings. The summed E-state index contributed by atoms with van der Waals surface area (Å²) in [7, 11) is 0. The van der Waals surface area contributed by atoms with Crippen LogP contribution in [0.2, 0.25) is 0 Å². The Morgan fingerprint density at radius 2 is 1.68 bits per heavy atom. The van der Waals surface area contributed by atoms with Crippen LogP contribution in [0.5, 0.6) is 5.75 Å². The summed E-state index contributed by atoms with van der Waals surface area (Å²) < 4.78 is 6.02. The van der Waals surface area contributed by atoms with Crippen LogP contribution in [0.1, 0.15) is 28.8 Å². The number of hydrogen-bond acceptors (Lipinski definition) is 3. The molecule has 3 heteroatoms. The molecule has 2 aromatic rings. The molecule has 22 heavy (non-hydrogen) atoms. The molecule has 1 heterocycles. The van der Waals surface area contributed by atoms with Crippen LogP contribution < -0.4 is 4.74 Å². The summed E-state index contributed by atoms with van der Waals surface area (Å²) in [5.41, 5.74) is 1.99. The van der Waals surface area contributed by atoms with Crippen LogP contribution in [-0.4, -0.2) is 30.4 Å². The van der Waals surface area contributed by atoms with Crippen LogP contribution in [0, 0.1) is 0 Å². The van der Waals surface area contributed by atoms with E-state index >= 15 is 0 Å². The molecule has 114 valence electrons. The second kappa shape index (κ2) is 7.23. The normalized spacial score (nSPS) is 16.4. The lowest BCUT2D eigenvalue weighted by molar-refractivity contribution is 0.0968. The average molecular weight is 295 g/mol. The number of rotatable bonds is 5. The summed E-state index contributed by atoms with van der Waals surface area (Å²) in [4.78, 5) is 13.1. The molecule has 0 N–H and O–H groups in total. The van der Waals surface area contributed by atoms with E-state index in [0.717, 1.165) is 50.1 Å². The van der Waals surface area contributed by atoms with Gasteiger partial charge in [-0.05, 0) is 30.5 Å². The number of benzene rings is 2. The number of ether oxygens (including phenoxy) is 1. The van der Waals surface area contributed by atoms with E-state index in [0.29, 0.717) is 6.10 Å². The van der Waals surface area contributed by atoms with E-state index in [-0.39, 0.29) is 0 Å². The molecular weight excluding hydrogens is 274 g/mol. The van der Waals surface area contributed by atoms with Crippen molar-refractivity contribution in [2.24, 2.45) is 0 Å². The molecule has 2 aromatic carbocycles. The molecule has 1 fully saturated rings. The van der Waals surface area contributed by atoms with Crippen molar-refractivity contribution >= 4 is 6.29 Å². The maximum atomic E-state index is 10.7. The van der Waals surface area contributed by atoms with Gasteiger partial charge in [0.05, 0.1) is 0 Å². The second-order valence-corrected chi connectivity index (χ2v) is 5.77. The number of nitrogens with zero attached hydrogens (tertiary/aromatic N) is 1. The lowest BCUT2D eigenvalue weighted by Crippen LogP contribution is -2.37. The summed E-state index contributed by atoms with van der Waals surface area (Å²) in [6.07, 6.45) is 3.31. The third kappa shape index (κ3) is 3.95. The minimum atomic E-state index is 0.316. The molecular formula is C19H21NO2. The number of para-hydroxylation sites is 1. The van der Waals surface area contributed by atoms with Gasteiger partial charge in [0.1, 0.15) is 18.1 Å². The summed E-state index contributed by atoms with van der Waals surface area (Å²) >= 11 is 0. The standard InChI is InChI=1S/C19H21NO2/c21-15-17-8-6-16(7-9-17)14-20-12-10-19(11-13-20)22-18-4-2-1-3-5-18/h1-9,15,19H,10-14H2. The zero-order chi connectivity index (χ0) is 15.2. The highest BCUT2D eigenvalue weighted by atomic mass is 16.5. The van der Waals surface area contributed by atoms with Crippen LogP contribution >= 0.6 is 0 Å². The van der Waals surface area contributed by atoms with E-state index in [2.05, 4.69) is 4.90 Å². The lowest BCUT2D eigenvalue weighted by Gasteiger charge is -2.32. The summed E-state index contributed by atoms with van der Waals surface area (Å²) in [6.45, 7) is 3.04. The maximum absolute atomic E-state index is 10.7. The fourth-order valence-electron chi connectivity index (χ4n) is 2.84. The SMILES string of the molecule is O=Cc1ccc(CN2CCC(Oc3ccccc3)CC2)cc1. The number of likely N-dealkylation sites (tertiary alicyclic amines) is 1. The fraction of sp³-hybridized carbons (Fsp3) is 0.316. The van der Waals surface area contributed by atoms with Crippen LogP contribution in [0.25, 0.3) is 0 Å². The molecule has 0 atom stereocenters. The van der Waals surface area contributed by atoms with E-state index in [1.165, 1.54) is 5.56 Å². The Bertz CT molecular complexity index is 587. The molecule has 0 unspecified atom stereocenters. The Kier molecular flexibility index (Phi) is 4.86. The van der Waals surface area contributed by atoms with Gasteiger partial charge in [-0.15, -0.1) is 0 Å². The number of carbonyl (C=O) groups is 1. The largest absolute Gasteiger partial charge is 0.490 e. The monoisotopic (exact) mass is 295 g/mol. The maximum Gasteiger partial charge on any atom is 0.150 e. The molecule has 0 radical (unpaired) electrons. The van der Waals surface area contributed by atoms with Crippen molar-refractivity contribution < 1.29 is 9.53 Å². The van der Waals surface area contributed by atoms with Crippen LogP contribution in [0.4, 0.5) is 0 Å². The highest BCUT2D eigenvalue weighted by Crippen LogP contribution is 2.19. The molecule has 0 spiro atoms. The van der Waals surface area contributed by atoms with E-state index in [4.69, 9.17) is 4.74 Å². The first-order valence-electron chi connectivity index (χ1n) is 7.81. The highest BCUT2D eigenvalue weighted by molar-refractivity contribution is 5.74. The third-order valence-electron chi connectivity index (χ3n) is 4.10. The first-order valence-corrected chi connectivity index (χ1v) is 7.81. The van der Waals surface area contributed by atoms with Crippen molar-refractivity contribution in [2.45, 2.75) is 25.5 Å². The van der Waals surface area contributed by atoms with Crippen molar-refractivity contribution in [3.05, 3.63) is 65.7 Å². The number of aldehydes is 1. The van der Waals surface area contributed by atoms with Gasteiger partial charge in [0.2, 0.25) is 0 Å². The topological polar surface area (TPSA) is 29.5 Å². The number of piperidine rings is 1. The van der Waals surface area contributed by atoms with Gasteiger partial charge in [0.25, 0.3) is 0 Å². The van der Waals surface area contributed by atoms with Crippen molar-refractivity contribution in [3.8, 4) is 5.75 Å². The fourth-order valence-corrected chi connectivity index (χ4v) is 2.84. The molecule has 0 aliphatic carbocycles. The Morgan fingerprint density at radius 1 is 1.00 bits per heavy atom. The van der Waals surface area contributed by atoms with Crippen molar-refractivity contribution in [2.75, 3.05) is 13.1 Å². The van der Waals surface area contributed by atoms with Gasteiger partial charge in [-0.25, -0.2) is 0 Å². The van der Waals surface area contributed by atoms with Gasteiger partial charge in [-0.2, -0.15) is 0 Å². The Balaban J connectivity index is 1.48. The molecule has 0 saturated carbocycles. The predicted octanol–water partition coefficient (Wildman–Crippen LogP) is 3.54. The smallest absolute Gasteiger partial charge is 0.150 e. The molecule has 3 nitrogen and oxygen atoms in total. The summed E-state index contributed by atoms with van der Waals surface area (Å²) in [5, 5.41) is 0. The van der Waals surface area contributed by atoms with Crippen LogP contribution in [0.3, 0.4) is 0 Å². The highest BCUT2D eigenvalue weighted by Gasteiger charge is 2.20. The van der Waals surface area contributed by atoms with Gasteiger partial charge in [0.15, 0.2) is 0 Å². The minimum absolute atomic E-state index is 0.316. The Hall–Kier alpha value is -2.13. The zero-order valence-electron chi connectivity index (χ0n) is 12.7. The van der Waals surface area contributed by atoms with E-state index in [9.17, 15) is 4.79 Å². The summed E-state index contributed by atoms with van der Waals surface area (Å²) in [6, 6.07) is 17.9. The number of hydrogen-bond donors (Lipinski definition) is 0. The Morgan fingerprint density at radius 3 is 2.32 bits per heavy atom. The Labute approximate surface area is 131 Å². The van der Waals surface area contributed by atoms with Crippen molar-refractivity contribution in [3.63, 3.8) is 0 Å². The molecule has 1 aliphatic heterocycles. The quantitative estimate of drug-likeness (QED) is 0.790. The molecule has 1 saturated heterocycles. The molecule has 3 rings (SSSR count). The van der Waals surface area contributed by atoms with E-state index in [1.54, 1.807) is 0 Å². The molecule has 0 amide bonds. The first-order chi connectivity index (χ1) is 10.8. The van der Waals surface area contributed by atoms with E-state index < -0.39 is 0 Å². The molecule has 0 bridgehead atoms. The minimum Gasteiger partial charge on any atom is -0.490 e. The predicted molar refractivity (Wildman–Crippen MR) is 87.2 cm³/mol. The average Bonchev–Trinajstić information content (AvgIpc) is 2.58. The molecule has 0 aromatic heterocycles. The van der Waals surface area contributed by atoms with Crippen LogP contribution in [-0.2, 0) is 6.54 Å². The zero-order valence-corrected chi connectivity index (χ0v) is 12.7. The van der Waals surface area contributed by atoms with E-state index in [1.807, 2.05) is 54.6 Å².